The second kappa shape index (κ2) is 11.4. The van der Waals surface area contributed by atoms with E-state index in [4.69, 9.17) is 0 Å². The number of aryl methyl sites for hydroxylation is 1. The van der Waals surface area contributed by atoms with Gasteiger partial charge in [-0.25, -0.2) is 9.37 Å². The van der Waals surface area contributed by atoms with Crippen molar-refractivity contribution in [1.82, 2.24) is 20.1 Å². The number of benzene rings is 1. The minimum absolute atomic E-state index is 0.0126. The molecular weight excluding hydrogens is 503 g/mol. The third-order valence-electron chi connectivity index (χ3n) is 7.20. The van der Waals surface area contributed by atoms with E-state index in [1.54, 1.807) is 27.5 Å². The molecule has 2 aliphatic rings. The first kappa shape index (κ1) is 27.4. The Morgan fingerprint density at radius 1 is 1.29 bits per heavy atom. The van der Waals surface area contributed by atoms with Crippen LogP contribution in [0.25, 0.3) is 10.4 Å². The average molecular weight is 537 g/mol. The van der Waals surface area contributed by atoms with Crippen molar-refractivity contribution in [2.45, 2.75) is 52.2 Å². The molecule has 0 bridgehead atoms. The zero-order valence-electron chi connectivity index (χ0n) is 22.0. The van der Waals surface area contributed by atoms with Gasteiger partial charge in [0.2, 0.25) is 11.8 Å². The second-order valence-electron chi connectivity index (χ2n) is 9.95. The van der Waals surface area contributed by atoms with Gasteiger partial charge in [0.25, 0.3) is 5.91 Å². The van der Waals surface area contributed by atoms with Gasteiger partial charge in [-0.3, -0.25) is 14.4 Å². The van der Waals surface area contributed by atoms with Crippen LogP contribution in [0.2, 0.25) is 0 Å². The topological polar surface area (TPSA) is 82.6 Å². The Labute approximate surface area is 226 Å². The summed E-state index contributed by atoms with van der Waals surface area (Å²) in [5.41, 5.74) is 4.86. The van der Waals surface area contributed by atoms with E-state index in [0.29, 0.717) is 30.5 Å². The highest BCUT2D eigenvalue weighted by atomic mass is 32.1. The second-order valence-corrected chi connectivity index (χ2v) is 10.8. The van der Waals surface area contributed by atoms with Crippen LogP contribution in [-0.4, -0.2) is 57.7 Å². The van der Waals surface area contributed by atoms with Crippen LogP contribution in [0.1, 0.15) is 37.9 Å². The van der Waals surface area contributed by atoms with E-state index in [9.17, 15) is 18.8 Å². The first-order chi connectivity index (χ1) is 18.2. The summed E-state index contributed by atoms with van der Waals surface area (Å²) in [6, 6.07) is 3.55. The number of halogens is 1. The van der Waals surface area contributed by atoms with Gasteiger partial charge in [0.15, 0.2) is 0 Å². The fourth-order valence-electron chi connectivity index (χ4n) is 5.21. The number of nitrogens with zero attached hydrogens (tertiary/aromatic N) is 3. The third kappa shape index (κ3) is 5.20. The summed E-state index contributed by atoms with van der Waals surface area (Å²) < 4.78 is 14.8. The van der Waals surface area contributed by atoms with Gasteiger partial charge in [-0.1, -0.05) is 51.3 Å². The van der Waals surface area contributed by atoms with E-state index in [-0.39, 0.29) is 36.7 Å². The van der Waals surface area contributed by atoms with Gasteiger partial charge in [-0.05, 0) is 42.9 Å². The van der Waals surface area contributed by atoms with Crippen LogP contribution in [0.5, 0.6) is 0 Å². The normalized spacial score (nSPS) is 18.3. The standard InChI is InChI=1S/C29H33FN4O3S/c1-6-19-15-34(28(36)22(19)7-2)25(17(3)4)29(37)33-12-8-9-24(33)27(35)31-14-21-11-10-20(13-23(21)30)26-18(5)32-16-38-26/h6-7,10-11,13,16-17,24-25H,1-2,8-9,12,14-15H2,3-5H3,(H,31,35). The third-order valence-corrected chi connectivity index (χ3v) is 8.18. The Hall–Kier alpha value is -3.59. The van der Waals surface area contributed by atoms with E-state index in [1.807, 2.05) is 26.8 Å². The molecule has 38 heavy (non-hydrogen) atoms. The average Bonchev–Trinajstić information content (AvgIpc) is 3.62. The van der Waals surface area contributed by atoms with E-state index in [0.717, 1.165) is 21.7 Å². The summed E-state index contributed by atoms with van der Waals surface area (Å²) >= 11 is 1.45. The molecule has 4 rings (SSSR count). The molecule has 1 aromatic carbocycles. The Morgan fingerprint density at radius 3 is 2.63 bits per heavy atom. The lowest BCUT2D eigenvalue weighted by Gasteiger charge is -2.35. The van der Waals surface area contributed by atoms with Gasteiger partial charge in [-0.15, -0.1) is 11.3 Å². The number of aromatic nitrogens is 1. The lowest BCUT2D eigenvalue weighted by molar-refractivity contribution is -0.147. The van der Waals surface area contributed by atoms with Crippen molar-refractivity contribution in [2.75, 3.05) is 13.1 Å². The number of nitrogens with one attached hydrogen (secondary N) is 1. The SMILES string of the molecule is C=CC1=C(C=C)C(=O)N(C(C(=O)N2CCCC2C(=O)NCc2ccc(-c3scnc3C)cc2F)C(C)C)C1. The number of amides is 3. The summed E-state index contributed by atoms with van der Waals surface area (Å²) in [7, 11) is 0. The molecule has 1 saturated heterocycles. The molecule has 0 saturated carbocycles. The first-order valence-corrected chi connectivity index (χ1v) is 13.6. The van der Waals surface area contributed by atoms with E-state index in [2.05, 4.69) is 23.5 Å². The monoisotopic (exact) mass is 536 g/mol. The predicted octanol–water partition coefficient (Wildman–Crippen LogP) is 4.40. The molecule has 2 unspecified atom stereocenters. The number of rotatable bonds is 9. The van der Waals surface area contributed by atoms with Crippen LogP contribution in [0.15, 0.2) is 60.2 Å². The van der Waals surface area contributed by atoms with Crippen molar-refractivity contribution in [2.24, 2.45) is 5.92 Å². The van der Waals surface area contributed by atoms with Gasteiger partial charge in [0.1, 0.15) is 17.9 Å². The highest BCUT2D eigenvalue weighted by Crippen LogP contribution is 2.30. The Balaban J connectivity index is 1.45. The van der Waals surface area contributed by atoms with E-state index < -0.39 is 17.9 Å². The molecule has 2 aromatic rings. The fraction of sp³-hybridized carbons (Fsp3) is 0.379. The smallest absolute Gasteiger partial charge is 0.255 e. The minimum atomic E-state index is -0.719. The first-order valence-electron chi connectivity index (χ1n) is 12.7. The summed E-state index contributed by atoms with van der Waals surface area (Å²) in [6.07, 6.45) is 4.30. The molecule has 200 valence electrons. The maximum atomic E-state index is 14.8. The van der Waals surface area contributed by atoms with Crippen molar-refractivity contribution in [3.05, 3.63) is 77.2 Å². The summed E-state index contributed by atoms with van der Waals surface area (Å²) in [5, 5.41) is 2.81. The lowest BCUT2D eigenvalue weighted by Crippen LogP contribution is -2.55. The maximum Gasteiger partial charge on any atom is 0.255 e. The number of carbonyl (C=O) groups is 3. The number of carbonyl (C=O) groups excluding carboxylic acids is 3. The van der Waals surface area contributed by atoms with Gasteiger partial charge in [0.05, 0.1) is 16.1 Å². The molecular formula is C29H33FN4O3S. The molecule has 3 amide bonds. The van der Waals surface area contributed by atoms with Crippen molar-refractivity contribution in [3.8, 4) is 10.4 Å². The summed E-state index contributed by atoms with van der Waals surface area (Å²) in [4.78, 5) is 48.2. The van der Waals surface area contributed by atoms with Gasteiger partial charge < -0.3 is 15.1 Å². The molecule has 1 N–H and O–H groups in total. The molecule has 2 aliphatic heterocycles. The number of hydrogen-bond acceptors (Lipinski definition) is 5. The highest BCUT2D eigenvalue weighted by molar-refractivity contribution is 7.13. The van der Waals surface area contributed by atoms with Crippen LogP contribution in [0, 0.1) is 18.7 Å². The zero-order chi connectivity index (χ0) is 27.6. The van der Waals surface area contributed by atoms with Gasteiger partial charge >= 0.3 is 0 Å². The zero-order valence-corrected chi connectivity index (χ0v) is 22.8. The van der Waals surface area contributed by atoms with Crippen molar-refractivity contribution >= 4 is 29.1 Å². The van der Waals surface area contributed by atoms with Crippen molar-refractivity contribution in [3.63, 3.8) is 0 Å². The molecule has 3 heterocycles. The summed E-state index contributed by atoms with van der Waals surface area (Å²) in [6.45, 7) is 13.9. The fourth-order valence-corrected chi connectivity index (χ4v) is 6.02. The van der Waals surface area contributed by atoms with Crippen LogP contribution in [0.4, 0.5) is 4.39 Å². The van der Waals surface area contributed by atoms with Crippen molar-refractivity contribution < 1.29 is 18.8 Å². The molecule has 1 fully saturated rings. The van der Waals surface area contributed by atoms with Crippen LogP contribution in [-0.2, 0) is 20.9 Å². The highest BCUT2D eigenvalue weighted by Gasteiger charge is 2.43. The molecule has 0 aliphatic carbocycles. The molecule has 1 aromatic heterocycles. The van der Waals surface area contributed by atoms with Crippen LogP contribution < -0.4 is 5.32 Å². The molecule has 9 heteroatoms. The number of likely N-dealkylation sites (tertiary alicyclic amines) is 1. The Kier molecular flexibility index (Phi) is 8.26. The molecule has 0 radical (unpaired) electrons. The largest absolute Gasteiger partial charge is 0.350 e. The Morgan fingerprint density at radius 2 is 2.05 bits per heavy atom. The number of hydrogen-bond donors (Lipinski definition) is 1. The molecule has 2 atom stereocenters. The van der Waals surface area contributed by atoms with E-state index in [1.165, 1.54) is 23.5 Å². The minimum Gasteiger partial charge on any atom is -0.350 e. The predicted molar refractivity (Wildman–Crippen MR) is 147 cm³/mol. The molecule has 7 nitrogen and oxygen atoms in total. The van der Waals surface area contributed by atoms with Crippen molar-refractivity contribution in [1.29, 1.82) is 0 Å². The number of thiazole rings is 1. The van der Waals surface area contributed by atoms with Crippen LogP contribution >= 0.6 is 11.3 Å². The van der Waals surface area contributed by atoms with Crippen LogP contribution in [0.3, 0.4) is 0 Å². The lowest BCUT2D eigenvalue weighted by atomic mass is 10.00. The summed E-state index contributed by atoms with van der Waals surface area (Å²) in [5.74, 6) is -1.42. The Bertz CT molecular complexity index is 1310. The van der Waals surface area contributed by atoms with E-state index >= 15 is 0 Å². The molecule has 0 spiro atoms. The van der Waals surface area contributed by atoms with Gasteiger partial charge in [-0.2, -0.15) is 0 Å². The van der Waals surface area contributed by atoms with Gasteiger partial charge in [0, 0.05) is 30.8 Å². The maximum absolute atomic E-state index is 14.8. The quantitative estimate of drug-likeness (QED) is 0.515.